The second kappa shape index (κ2) is 6.93. The number of nitrogens with zero attached hydrogens (tertiary/aromatic N) is 1. The van der Waals surface area contributed by atoms with Crippen molar-refractivity contribution in [3.63, 3.8) is 0 Å². The molecule has 1 saturated carbocycles. The number of carboxylic acids is 1. The van der Waals surface area contributed by atoms with E-state index in [4.69, 9.17) is 0 Å². The van der Waals surface area contributed by atoms with Gasteiger partial charge in [0.1, 0.15) is 0 Å². The first-order valence-electron chi connectivity index (χ1n) is 9.39. The van der Waals surface area contributed by atoms with E-state index in [9.17, 15) is 23.1 Å². The Hall–Kier alpha value is -2.17. The Balaban J connectivity index is 0.00000218. The fourth-order valence-electron chi connectivity index (χ4n) is 5.33. The van der Waals surface area contributed by atoms with Crippen LogP contribution in [0.4, 0.5) is 0 Å². The summed E-state index contributed by atoms with van der Waals surface area (Å²) in [5, 5.41) is 11.3. The average molecular weight is 415 g/mol. The number of rotatable bonds is 4. The van der Waals surface area contributed by atoms with Crippen LogP contribution in [-0.2, 0) is 19.4 Å². The summed E-state index contributed by atoms with van der Waals surface area (Å²) < 4.78 is 26.6. The summed E-state index contributed by atoms with van der Waals surface area (Å²) in [6, 6.07) is 16.1. The zero-order chi connectivity index (χ0) is 20.6. The van der Waals surface area contributed by atoms with Crippen LogP contribution in [0, 0.1) is 5.92 Å². The molecule has 0 bridgehead atoms. The predicted molar refractivity (Wildman–Crippen MR) is 103 cm³/mol. The standard InChI is InChI=1S/C22H19NO5S.Li/c1-23-20-19(24)16(13-8-4-2-5-9-13)17(21(25)26)18-15(12-22(18,20)23)29(27,28)14-10-6-3-7-11-14;/h2-11,15,18,20H,12H2,1H3,(H,25,26);/q;+1/p-1. The molecule has 1 aliphatic heterocycles. The number of hydrogen-bond donors (Lipinski definition) is 0. The zero-order valence-corrected chi connectivity index (χ0v) is 17.4. The molecule has 8 heteroatoms. The molecular formula is C22H18LiNO5S. The van der Waals surface area contributed by atoms with Crippen LogP contribution < -0.4 is 24.0 Å². The molecule has 0 radical (unpaired) electrons. The third-order valence-electron chi connectivity index (χ3n) is 6.72. The summed E-state index contributed by atoms with van der Waals surface area (Å²) in [6.07, 6.45) is 0.237. The van der Waals surface area contributed by atoms with Crippen molar-refractivity contribution in [2.24, 2.45) is 5.92 Å². The van der Waals surface area contributed by atoms with Crippen LogP contribution in [0.3, 0.4) is 0 Å². The van der Waals surface area contributed by atoms with E-state index >= 15 is 0 Å². The summed E-state index contributed by atoms with van der Waals surface area (Å²) >= 11 is 0. The van der Waals surface area contributed by atoms with E-state index < -0.39 is 38.6 Å². The molecule has 2 aromatic carbocycles. The molecule has 0 aromatic heterocycles. The topological polar surface area (TPSA) is 94.3 Å². The minimum absolute atomic E-state index is 0. The first-order chi connectivity index (χ1) is 13.8. The monoisotopic (exact) mass is 415 g/mol. The minimum atomic E-state index is -3.76. The Morgan fingerprint density at radius 3 is 2.20 bits per heavy atom. The number of ketones is 1. The quantitative estimate of drug-likeness (QED) is 0.412. The van der Waals surface area contributed by atoms with Crippen LogP contribution in [0.2, 0.25) is 0 Å². The Morgan fingerprint density at radius 2 is 1.63 bits per heavy atom. The number of aliphatic carboxylic acids is 1. The molecule has 5 atom stereocenters. The van der Waals surface area contributed by atoms with E-state index in [1.54, 1.807) is 55.6 Å². The van der Waals surface area contributed by atoms with Gasteiger partial charge in [0, 0.05) is 11.5 Å². The van der Waals surface area contributed by atoms with Crippen LogP contribution in [0.1, 0.15) is 12.0 Å². The van der Waals surface area contributed by atoms with Gasteiger partial charge in [0.15, 0.2) is 15.6 Å². The van der Waals surface area contributed by atoms with Crippen LogP contribution in [0.15, 0.2) is 71.1 Å². The maximum atomic E-state index is 13.3. The van der Waals surface area contributed by atoms with Crippen LogP contribution >= 0.6 is 0 Å². The number of hydrogen-bond acceptors (Lipinski definition) is 6. The Morgan fingerprint density at radius 1 is 1.07 bits per heavy atom. The number of sulfone groups is 1. The van der Waals surface area contributed by atoms with Crippen LogP contribution in [0.25, 0.3) is 5.57 Å². The molecule has 0 N–H and O–H groups in total. The molecule has 148 valence electrons. The molecule has 1 spiro atoms. The van der Waals surface area contributed by atoms with Gasteiger partial charge in [0.05, 0.1) is 27.7 Å². The molecule has 5 unspecified atom stereocenters. The van der Waals surface area contributed by atoms with Gasteiger partial charge in [-0.05, 0) is 36.7 Å². The molecule has 5 rings (SSSR count). The first kappa shape index (κ1) is 21.1. The normalized spacial score (nSPS) is 31.7. The van der Waals surface area contributed by atoms with E-state index in [0.29, 0.717) is 5.56 Å². The summed E-state index contributed by atoms with van der Waals surface area (Å²) in [7, 11) is -2.01. The van der Waals surface area contributed by atoms with E-state index in [0.717, 1.165) is 0 Å². The molecule has 30 heavy (non-hydrogen) atoms. The summed E-state index contributed by atoms with van der Waals surface area (Å²) in [4.78, 5) is 27.4. The maximum absolute atomic E-state index is 13.3. The Bertz CT molecular complexity index is 1180. The average Bonchev–Trinajstić information content (AvgIpc) is 3.34. The van der Waals surface area contributed by atoms with E-state index in [-0.39, 0.29) is 47.1 Å². The molecule has 6 nitrogen and oxygen atoms in total. The fraction of sp³-hybridized carbons (Fsp3) is 0.273. The van der Waals surface area contributed by atoms with Crippen molar-refractivity contribution in [3.8, 4) is 0 Å². The first-order valence-corrected chi connectivity index (χ1v) is 10.9. The maximum Gasteiger partial charge on any atom is 1.00 e. The SMILES string of the molecule is CN1C2C(=O)C(c3ccccc3)=C(C(=O)[O-])C3C(S(=O)(=O)c4ccccc4)CC321.[Li+]. The predicted octanol–water partition coefficient (Wildman–Crippen LogP) is -2.31. The van der Waals surface area contributed by atoms with Crippen molar-refractivity contribution in [3.05, 3.63) is 71.8 Å². The molecule has 2 fully saturated rings. The summed E-state index contributed by atoms with van der Waals surface area (Å²) in [5.41, 5.74) is -0.364. The fourth-order valence-corrected chi connectivity index (χ4v) is 7.44. The van der Waals surface area contributed by atoms with Gasteiger partial charge >= 0.3 is 18.9 Å². The van der Waals surface area contributed by atoms with Crippen molar-refractivity contribution in [1.82, 2.24) is 4.90 Å². The Labute approximate surface area is 186 Å². The third kappa shape index (κ3) is 2.56. The molecular weight excluding hydrogens is 397 g/mol. The molecule has 0 amide bonds. The van der Waals surface area contributed by atoms with Crippen LogP contribution in [-0.4, -0.2) is 48.9 Å². The third-order valence-corrected chi connectivity index (χ3v) is 8.88. The van der Waals surface area contributed by atoms with Gasteiger partial charge in [0.25, 0.3) is 0 Å². The number of carbonyl (C=O) groups is 2. The molecule has 2 aromatic rings. The number of Topliss-reactive ketones (excluding diaryl/α,β-unsaturated/α-hetero) is 1. The summed E-state index contributed by atoms with van der Waals surface area (Å²) in [5.74, 6) is -2.56. The van der Waals surface area contributed by atoms with Crippen molar-refractivity contribution < 1.29 is 42.0 Å². The van der Waals surface area contributed by atoms with Crippen molar-refractivity contribution in [1.29, 1.82) is 0 Å². The van der Waals surface area contributed by atoms with Gasteiger partial charge in [-0.25, -0.2) is 8.42 Å². The number of benzene rings is 2. The van der Waals surface area contributed by atoms with Gasteiger partial charge in [-0.3, -0.25) is 9.69 Å². The smallest absolute Gasteiger partial charge is 0.545 e. The molecule has 2 aliphatic carbocycles. The molecule has 1 saturated heterocycles. The van der Waals surface area contributed by atoms with Gasteiger partial charge in [0.2, 0.25) is 0 Å². The largest absolute Gasteiger partial charge is 1.00 e. The van der Waals surface area contributed by atoms with Crippen molar-refractivity contribution in [2.75, 3.05) is 7.05 Å². The zero-order valence-electron chi connectivity index (χ0n) is 16.6. The minimum Gasteiger partial charge on any atom is -0.545 e. The Kier molecular flexibility index (Phi) is 4.87. The second-order valence-corrected chi connectivity index (χ2v) is 10.1. The van der Waals surface area contributed by atoms with E-state index in [1.165, 1.54) is 12.1 Å². The van der Waals surface area contributed by atoms with E-state index in [2.05, 4.69) is 0 Å². The second-order valence-electron chi connectivity index (χ2n) is 7.89. The van der Waals surface area contributed by atoms with Crippen molar-refractivity contribution >= 4 is 27.2 Å². The van der Waals surface area contributed by atoms with Gasteiger partial charge in [-0.2, -0.15) is 0 Å². The van der Waals surface area contributed by atoms with E-state index in [1.807, 2.05) is 4.90 Å². The van der Waals surface area contributed by atoms with Crippen molar-refractivity contribution in [2.45, 2.75) is 28.1 Å². The summed E-state index contributed by atoms with van der Waals surface area (Å²) in [6.45, 7) is 0. The number of carboxylic acid groups (broad SMARTS) is 1. The molecule has 3 aliphatic rings. The van der Waals surface area contributed by atoms with Crippen LogP contribution in [0.5, 0.6) is 0 Å². The van der Waals surface area contributed by atoms with Gasteiger partial charge in [-0.15, -0.1) is 0 Å². The molecule has 1 heterocycles. The van der Waals surface area contributed by atoms with Gasteiger partial charge in [-0.1, -0.05) is 48.5 Å². The van der Waals surface area contributed by atoms with Gasteiger partial charge < -0.3 is 9.90 Å². The number of carbonyl (C=O) groups excluding carboxylic acids is 2. The number of likely N-dealkylation sites (N-methyl/N-ethyl adjacent to an activating group) is 1.